The molecule has 3 fully saturated rings. The van der Waals surface area contributed by atoms with E-state index in [0.29, 0.717) is 23.3 Å². The van der Waals surface area contributed by atoms with E-state index < -0.39 is 5.97 Å². The summed E-state index contributed by atoms with van der Waals surface area (Å²) < 4.78 is 2.34. The van der Waals surface area contributed by atoms with Crippen molar-refractivity contribution in [1.29, 1.82) is 0 Å². The van der Waals surface area contributed by atoms with Crippen molar-refractivity contribution in [3.63, 3.8) is 0 Å². The molecule has 6 rings (SSSR count). The minimum absolute atomic E-state index is 0.172. The Morgan fingerprint density at radius 3 is 2.52 bits per heavy atom. The van der Waals surface area contributed by atoms with Crippen LogP contribution in [0.4, 0.5) is 11.8 Å². The molecule has 3 aliphatic rings. The molecule has 1 unspecified atom stereocenters. The van der Waals surface area contributed by atoms with Gasteiger partial charge in [-0.05, 0) is 81.3 Å². The second-order valence-corrected chi connectivity index (χ2v) is 12.3. The van der Waals surface area contributed by atoms with Crippen molar-refractivity contribution < 1.29 is 9.90 Å². The van der Waals surface area contributed by atoms with Gasteiger partial charge in [0.15, 0.2) is 11.5 Å². The Balaban J connectivity index is 1.46. The van der Waals surface area contributed by atoms with Crippen molar-refractivity contribution in [3.05, 3.63) is 35.9 Å². The summed E-state index contributed by atoms with van der Waals surface area (Å²) in [6.07, 6.45) is 16.9. The number of nitrogens with zero attached hydrogens (tertiary/aromatic N) is 6. The highest BCUT2D eigenvalue weighted by molar-refractivity contribution is 5.91. The Morgan fingerprint density at radius 1 is 1.05 bits per heavy atom. The molecule has 3 aromatic rings. The minimum atomic E-state index is -1.12. The van der Waals surface area contributed by atoms with E-state index >= 15 is 0 Å². The van der Waals surface area contributed by atoms with Gasteiger partial charge in [-0.25, -0.2) is 14.8 Å². The summed E-state index contributed by atoms with van der Waals surface area (Å²) in [5.41, 5.74) is 2.52. The molecule has 2 atom stereocenters. The summed E-state index contributed by atoms with van der Waals surface area (Å²) in [5.74, 6) is 2.14. The van der Waals surface area contributed by atoms with E-state index in [2.05, 4.69) is 49.6 Å². The standard InChI is InChI=1S/C31H43N7O2/c1-3-21-12-14-22(15-13-21)19-38-26-27(33-20(2)23-8-6-9-23)34-29(30(39)40)35-28(26)36-31(38)37-17-5-4-11-25(37)24-10-7-16-32-18-24/h7,10,16,18,20-23,25H,3-6,8-9,11-15,17,19H2,1-2H3,(H,39,40)(H,33,34,35)/t20-,21?,22?,25?/m1/s1. The molecule has 214 valence electrons. The first kappa shape index (κ1) is 27.0. The molecule has 2 saturated carbocycles. The highest BCUT2D eigenvalue weighted by atomic mass is 16.4. The molecule has 1 saturated heterocycles. The lowest BCUT2D eigenvalue weighted by Crippen LogP contribution is -2.36. The summed E-state index contributed by atoms with van der Waals surface area (Å²) >= 11 is 0. The number of piperidine rings is 1. The molecule has 0 aromatic carbocycles. The van der Waals surface area contributed by atoms with Gasteiger partial charge in [0, 0.05) is 31.5 Å². The summed E-state index contributed by atoms with van der Waals surface area (Å²) in [4.78, 5) is 33.1. The zero-order chi connectivity index (χ0) is 27.6. The van der Waals surface area contributed by atoms with E-state index in [-0.39, 0.29) is 17.9 Å². The SMILES string of the molecule is CCC1CCC(Cn2c(N3CCCCC3c3cccnc3)nc3nc(C(=O)O)nc(N[C@H](C)C4CCC4)c32)CC1. The maximum atomic E-state index is 12.1. The number of anilines is 2. The molecular weight excluding hydrogens is 502 g/mol. The number of imidazole rings is 1. The molecule has 9 heteroatoms. The summed E-state index contributed by atoms with van der Waals surface area (Å²) in [7, 11) is 0. The molecule has 0 amide bonds. The number of pyridine rings is 1. The highest BCUT2D eigenvalue weighted by Crippen LogP contribution is 2.40. The zero-order valence-corrected chi connectivity index (χ0v) is 23.9. The number of hydrogen-bond acceptors (Lipinski definition) is 7. The number of hydrogen-bond donors (Lipinski definition) is 2. The second kappa shape index (κ2) is 11.7. The highest BCUT2D eigenvalue weighted by Gasteiger charge is 2.33. The van der Waals surface area contributed by atoms with Crippen LogP contribution in [0.2, 0.25) is 0 Å². The van der Waals surface area contributed by atoms with Crippen molar-refractivity contribution in [2.45, 2.75) is 103 Å². The van der Waals surface area contributed by atoms with E-state index in [1.807, 2.05) is 18.5 Å². The number of carbonyl (C=O) groups is 1. The van der Waals surface area contributed by atoms with Gasteiger partial charge in [-0.3, -0.25) is 4.98 Å². The lowest BCUT2D eigenvalue weighted by molar-refractivity contribution is 0.0684. The first-order valence-electron chi connectivity index (χ1n) is 15.5. The number of nitrogens with one attached hydrogen (secondary N) is 1. The van der Waals surface area contributed by atoms with E-state index in [1.54, 1.807) is 0 Å². The lowest BCUT2D eigenvalue weighted by Gasteiger charge is -2.37. The van der Waals surface area contributed by atoms with E-state index in [9.17, 15) is 9.90 Å². The number of rotatable bonds is 9. The zero-order valence-electron chi connectivity index (χ0n) is 23.9. The normalized spacial score (nSPS) is 24.6. The molecular formula is C31H43N7O2. The minimum Gasteiger partial charge on any atom is -0.475 e. The molecule has 0 spiro atoms. The molecule has 2 N–H and O–H groups in total. The fraction of sp³-hybridized carbons (Fsp3) is 0.645. The van der Waals surface area contributed by atoms with Gasteiger partial charge in [0.2, 0.25) is 11.8 Å². The fourth-order valence-corrected chi connectivity index (χ4v) is 7.06. The predicted octanol–water partition coefficient (Wildman–Crippen LogP) is 6.47. The van der Waals surface area contributed by atoms with E-state index in [1.165, 1.54) is 56.9 Å². The summed E-state index contributed by atoms with van der Waals surface area (Å²) in [5, 5.41) is 13.5. The Kier molecular flexibility index (Phi) is 7.89. The van der Waals surface area contributed by atoms with Gasteiger partial charge in [0.05, 0.1) is 6.04 Å². The van der Waals surface area contributed by atoms with Gasteiger partial charge < -0.3 is 19.9 Å². The average Bonchev–Trinajstić information content (AvgIpc) is 3.31. The van der Waals surface area contributed by atoms with Crippen LogP contribution in [0, 0.1) is 17.8 Å². The van der Waals surface area contributed by atoms with Gasteiger partial charge >= 0.3 is 5.97 Å². The van der Waals surface area contributed by atoms with Crippen LogP contribution in [0.5, 0.6) is 0 Å². The third-order valence-electron chi connectivity index (χ3n) is 9.81. The van der Waals surface area contributed by atoms with Gasteiger partial charge in [0.25, 0.3) is 0 Å². The second-order valence-electron chi connectivity index (χ2n) is 12.3. The first-order chi connectivity index (χ1) is 19.5. The number of carboxylic acids is 1. The van der Waals surface area contributed by atoms with Crippen LogP contribution in [0.1, 0.15) is 107 Å². The molecule has 40 heavy (non-hydrogen) atoms. The molecule has 2 aliphatic carbocycles. The molecule has 1 aliphatic heterocycles. The summed E-state index contributed by atoms with van der Waals surface area (Å²) in [6, 6.07) is 4.54. The topological polar surface area (TPSA) is 109 Å². The van der Waals surface area contributed by atoms with Crippen molar-refractivity contribution in [2.75, 3.05) is 16.8 Å². The smallest absolute Gasteiger partial charge is 0.374 e. The predicted molar refractivity (Wildman–Crippen MR) is 157 cm³/mol. The quantitative estimate of drug-likeness (QED) is 0.315. The van der Waals surface area contributed by atoms with Crippen LogP contribution in [-0.2, 0) is 6.54 Å². The molecule has 0 bridgehead atoms. The first-order valence-corrected chi connectivity index (χ1v) is 15.5. The monoisotopic (exact) mass is 545 g/mol. The van der Waals surface area contributed by atoms with Crippen LogP contribution >= 0.6 is 0 Å². The van der Waals surface area contributed by atoms with Crippen LogP contribution in [0.3, 0.4) is 0 Å². The summed E-state index contributed by atoms with van der Waals surface area (Å²) in [6.45, 7) is 6.24. The number of aromatic nitrogens is 5. The molecule has 4 heterocycles. The Bertz CT molecular complexity index is 1310. The molecule has 3 aromatic heterocycles. The number of aromatic carboxylic acids is 1. The van der Waals surface area contributed by atoms with Gasteiger partial charge in [-0.2, -0.15) is 4.98 Å². The average molecular weight is 546 g/mol. The van der Waals surface area contributed by atoms with Gasteiger partial charge in [0.1, 0.15) is 5.52 Å². The van der Waals surface area contributed by atoms with Crippen molar-refractivity contribution in [1.82, 2.24) is 24.5 Å². The third-order valence-corrected chi connectivity index (χ3v) is 9.81. The maximum absolute atomic E-state index is 12.1. The Labute approximate surface area is 236 Å². The van der Waals surface area contributed by atoms with Crippen LogP contribution < -0.4 is 10.2 Å². The molecule has 0 radical (unpaired) electrons. The third kappa shape index (κ3) is 5.39. The van der Waals surface area contributed by atoms with E-state index in [0.717, 1.165) is 49.7 Å². The van der Waals surface area contributed by atoms with Gasteiger partial charge in [-0.15, -0.1) is 0 Å². The lowest BCUT2D eigenvalue weighted by atomic mass is 9.80. The van der Waals surface area contributed by atoms with Crippen molar-refractivity contribution in [3.8, 4) is 0 Å². The maximum Gasteiger partial charge on any atom is 0.374 e. The van der Waals surface area contributed by atoms with Crippen molar-refractivity contribution >= 4 is 28.9 Å². The van der Waals surface area contributed by atoms with Crippen molar-refractivity contribution in [2.24, 2.45) is 17.8 Å². The Hall–Kier alpha value is -3.23. The fourth-order valence-electron chi connectivity index (χ4n) is 7.06. The van der Waals surface area contributed by atoms with Crippen LogP contribution in [-0.4, -0.2) is 48.2 Å². The van der Waals surface area contributed by atoms with Gasteiger partial charge in [-0.1, -0.05) is 38.7 Å². The molecule has 9 nitrogen and oxygen atoms in total. The number of fused-ring (bicyclic) bond motifs is 1. The Morgan fingerprint density at radius 2 is 1.85 bits per heavy atom. The largest absolute Gasteiger partial charge is 0.475 e. The van der Waals surface area contributed by atoms with Crippen LogP contribution in [0.15, 0.2) is 24.5 Å². The van der Waals surface area contributed by atoms with E-state index in [4.69, 9.17) is 4.98 Å². The van der Waals surface area contributed by atoms with Crippen LogP contribution in [0.25, 0.3) is 11.2 Å². The number of carboxylic acid groups (broad SMARTS) is 1.